The topological polar surface area (TPSA) is 101 Å². The molecule has 1 aromatic rings. The number of carboxylic acid groups (broad SMARTS) is 1. The molecule has 15 heavy (non-hydrogen) atoms. The van der Waals surface area contributed by atoms with Crippen LogP contribution in [0.3, 0.4) is 0 Å². The van der Waals surface area contributed by atoms with Gasteiger partial charge in [-0.3, -0.25) is 9.59 Å². The molecule has 0 unspecified atom stereocenters. The Morgan fingerprint density at radius 1 is 1.13 bits per heavy atom. The van der Waals surface area contributed by atoms with Crippen LogP contribution in [0.25, 0.3) is 0 Å². The Kier molecular flexibility index (Phi) is 3.14. The number of carboxylic acids is 1. The van der Waals surface area contributed by atoms with Gasteiger partial charge in [0.05, 0.1) is 0 Å². The van der Waals surface area contributed by atoms with Gasteiger partial charge in [-0.15, -0.1) is 0 Å². The van der Waals surface area contributed by atoms with Gasteiger partial charge < -0.3 is 5.11 Å². The number of rotatable bonds is 1. The summed E-state index contributed by atoms with van der Waals surface area (Å²) in [6.07, 6.45) is 0. The smallest absolute Gasteiger partial charge is 0.396 e. The molecule has 0 aromatic heterocycles. The van der Waals surface area contributed by atoms with Crippen molar-refractivity contribution < 1.29 is 19.5 Å². The van der Waals surface area contributed by atoms with Crippen LogP contribution in [-0.4, -0.2) is 27.9 Å². The largest absolute Gasteiger partial charge is 0.474 e. The van der Waals surface area contributed by atoms with Gasteiger partial charge in [-0.25, -0.2) is 15.6 Å². The van der Waals surface area contributed by atoms with E-state index in [1.165, 1.54) is 12.1 Å². The summed E-state index contributed by atoms with van der Waals surface area (Å²) in [5.74, 6) is 0.944. The predicted molar refractivity (Wildman–Crippen MR) is 49.4 cm³/mol. The second-order valence-electron chi connectivity index (χ2n) is 2.65. The summed E-state index contributed by atoms with van der Waals surface area (Å²) in [7, 11) is 0. The van der Waals surface area contributed by atoms with Gasteiger partial charge in [0.2, 0.25) is 0 Å². The van der Waals surface area contributed by atoms with Crippen LogP contribution in [0.1, 0.15) is 10.4 Å². The predicted octanol–water partition coefficient (Wildman–Crippen LogP) is -0.386. The zero-order valence-corrected chi connectivity index (χ0v) is 7.58. The van der Waals surface area contributed by atoms with E-state index in [1.807, 2.05) is 0 Å². The summed E-state index contributed by atoms with van der Waals surface area (Å²) >= 11 is 0. The highest BCUT2D eigenvalue weighted by molar-refractivity contribution is 6.35. The van der Waals surface area contributed by atoms with Crippen molar-refractivity contribution in [1.29, 1.82) is 0 Å². The van der Waals surface area contributed by atoms with Crippen molar-refractivity contribution in [3.63, 3.8) is 0 Å². The van der Waals surface area contributed by atoms with E-state index in [4.69, 9.17) is 10.9 Å². The summed E-state index contributed by atoms with van der Waals surface area (Å²) in [6, 6.07) is 7.68. The number of nitrogens with zero attached hydrogens (tertiary/aromatic N) is 1. The van der Waals surface area contributed by atoms with Gasteiger partial charge in [0.15, 0.2) is 0 Å². The van der Waals surface area contributed by atoms with E-state index in [2.05, 4.69) is 0 Å². The molecule has 0 bridgehead atoms. The fourth-order valence-corrected chi connectivity index (χ4v) is 0.915. The monoisotopic (exact) mass is 208 g/mol. The Hall–Kier alpha value is -2.21. The van der Waals surface area contributed by atoms with Crippen molar-refractivity contribution in [2.75, 3.05) is 0 Å². The van der Waals surface area contributed by atoms with E-state index in [0.29, 0.717) is 0 Å². The van der Waals surface area contributed by atoms with Crippen LogP contribution in [0.2, 0.25) is 0 Å². The van der Waals surface area contributed by atoms with Crippen LogP contribution in [0.15, 0.2) is 30.3 Å². The van der Waals surface area contributed by atoms with Crippen LogP contribution in [0.5, 0.6) is 0 Å². The van der Waals surface area contributed by atoms with E-state index in [0.717, 1.165) is 0 Å². The molecule has 0 heterocycles. The molecular formula is C9H8N2O4. The van der Waals surface area contributed by atoms with Crippen molar-refractivity contribution in [2.45, 2.75) is 0 Å². The molecule has 0 aliphatic heterocycles. The first kappa shape index (κ1) is 10.9. The zero-order valence-electron chi connectivity index (χ0n) is 7.58. The number of aliphatic carboxylic acids is 1. The van der Waals surface area contributed by atoms with Crippen molar-refractivity contribution in [1.82, 2.24) is 5.01 Å². The van der Waals surface area contributed by atoms with E-state index in [9.17, 15) is 14.4 Å². The number of amides is 2. The van der Waals surface area contributed by atoms with Gasteiger partial charge in [0.1, 0.15) is 0 Å². The molecule has 0 aliphatic rings. The molecule has 0 fully saturated rings. The standard InChI is InChI=1S/C9H8N2O4/c10-11(8(13)9(14)15)7(12)6-4-2-1-3-5-6/h1-5H,10H2,(H,14,15). The number of hydrogen-bond acceptors (Lipinski definition) is 4. The molecule has 2 amide bonds. The number of carbonyl (C=O) groups excluding carboxylic acids is 2. The van der Waals surface area contributed by atoms with Gasteiger partial charge in [0.25, 0.3) is 5.91 Å². The van der Waals surface area contributed by atoms with E-state index < -0.39 is 17.8 Å². The third-order valence-corrected chi connectivity index (χ3v) is 1.64. The summed E-state index contributed by atoms with van der Waals surface area (Å²) < 4.78 is 0. The van der Waals surface area contributed by atoms with Crippen molar-refractivity contribution in [2.24, 2.45) is 5.84 Å². The second-order valence-corrected chi connectivity index (χ2v) is 2.65. The first-order chi connectivity index (χ1) is 7.04. The van der Waals surface area contributed by atoms with Crippen LogP contribution in [0.4, 0.5) is 0 Å². The third kappa shape index (κ3) is 2.38. The van der Waals surface area contributed by atoms with E-state index in [-0.39, 0.29) is 10.6 Å². The Balaban J connectivity index is 2.87. The van der Waals surface area contributed by atoms with Crippen molar-refractivity contribution in [3.8, 4) is 0 Å². The molecule has 78 valence electrons. The number of benzene rings is 1. The van der Waals surface area contributed by atoms with Gasteiger partial charge in [0, 0.05) is 5.56 Å². The minimum atomic E-state index is -1.78. The van der Waals surface area contributed by atoms with Crippen LogP contribution < -0.4 is 5.84 Å². The molecular weight excluding hydrogens is 200 g/mol. The maximum Gasteiger partial charge on any atom is 0.396 e. The lowest BCUT2D eigenvalue weighted by atomic mass is 10.2. The maximum absolute atomic E-state index is 11.4. The number of nitrogens with two attached hydrogens (primary N) is 1. The quantitative estimate of drug-likeness (QED) is 0.283. The molecule has 1 aromatic carbocycles. The number of carbonyl (C=O) groups is 3. The molecule has 0 saturated heterocycles. The SMILES string of the molecule is NN(C(=O)C(=O)O)C(=O)c1ccccc1. The van der Waals surface area contributed by atoms with Crippen molar-refractivity contribution >= 4 is 17.8 Å². The molecule has 0 atom stereocenters. The lowest BCUT2D eigenvalue weighted by molar-refractivity contribution is -0.154. The third-order valence-electron chi connectivity index (χ3n) is 1.64. The van der Waals surface area contributed by atoms with Crippen LogP contribution in [0, 0.1) is 0 Å². The van der Waals surface area contributed by atoms with Gasteiger partial charge in [-0.05, 0) is 12.1 Å². The first-order valence-corrected chi connectivity index (χ1v) is 3.95. The Morgan fingerprint density at radius 3 is 2.13 bits per heavy atom. The number of imide groups is 1. The second kappa shape index (κ2) is 4.34. The summed E-state index contributed by atoms with van der Waals surface area (Å²) in [6.45, 7) is 0. The molecule has 1 rings (SSSR count). The first-order valence-electron chi connectivity index (χ1n) is 3.95. The molecule has 6 nitrogen and oxygen atoms in total. The molecule has 0 radical (unpaired) electrons. The average molecular weight is 208 g/mol. The average Bonchev–Trinajstić information content (AvgIpc) is 2.27. The Labute approximate surface area is 84.9 Å². The van der Waals surface area contributed by atoms with Gasteiger partial charge >= 0.3 is 11.9 Å². The van der Waals surface area contributed by atoms with Gasteiger partial charge in [-0.1, -0.05) is 18.2 Å². The molecule has 0 saturated carbocycles. The van der Waals surface area contributed by atoms with Crippen LogP contribution >= 0.6 is 0 Å². The lowest BCUT2D eigenvalue weighted by Crippen LogP contribution is -2.46. The normalized spacial score (nSPS) is 9.40. The van der Waals surface area contributed by atoms with E-state index >= 15 is 0 Å². The number of hydrazine groups is 1. The fraction of sp³-hybridized carbons (Fsp3) is 0. The van der Waals surface area contributed by atoms with Crippen LogP contribution in [-0.2, 0) is 9.59 Å². The molecule has 0 aliphatic carbocycles. The highest BCUT2D eigenvalue weighted by Gasteiger charge is 2.24. The summed E-state index contributed by atoms with van der Waals surface area (Å²) in [5.41, 5.74) is 0.148. The van der Waals surface area contributed by atoms with E-state index in [1.54, 1.807) is 18.2 Å². The molecule has 6 heteroatoms. The minimum absolute atomic E-state index is 0.0671. The Morgan fingerprint density at radius 2 is 1.67 bits per heavy atom. The molecule has 3 N–H and O–H groups in total. The zero-order chi connectivity index (χ0) is 11.4. The number of hydrogen-bond donors (Lipinski definition) is 2. The Bertz CT molecular complexity index is 402. The summed E-state index contributed by atoms with van der Waals surface area (Å²) in [5, 5.41) is 8.39. The minimum Gasteiger partial charge on any atom is -0.474 e. The lowest BCUT2D eigenvalue weighted by Gasteiger charge is -2.11. The highest BCUT2D eigenvalue weighted by atomic mass is 16.4. The van der Waals surface area contributed by atoms with Gasteiger partial charge in [-0.2, -0.15) is 0 Å². The maximum atomic E-state index is 11.4. The summed E-state index contributed by atoms with van der Waals surface area (Å²) in [4.78, 5) is 32.5. The molecule has 0 spiro atoms. The van der Waals surface area contributed by atoms with Crippen molar-refractivity contribution in [3.05, 3.63) is 35.9 Å². The highest BCUT2D eigenvalue weighted by Crippen LogP contribution is 2.01. The fourth-order valence-electron chi connectivity index (χ4n) is 0.915.